The van der Waals surface area contributed by atoms with Gasteiger partial charge in [0, 0.05) is 10.7 Å². The molecule has 2 N–H and O–H groups in total. The van der Waals surface area contributed by atoms with E-state index in [2.05, 4.69) is 30.5 Å². The molecule has 0 unspecified atom stereocenters. The second-order valence-corrected chi connectivity index (χ2v) is 6.49. The van der Waals surface area contributed by atoms with Crippen molar-refractivity contribution >= 4 is 40.5 Å². The van der Waals surface area contributed by atoms with Crippen LogP contribution in [-0.2, 0) is 4.79 Å². The van der Waals surface area contributed by atoms with E-state index in [1.165, 1.54) is 5.56 Å². The maximum absolute atomic E-state index is 12.0. The molecule has 0 heterocycles. The van der Waals surface area contributed by atoms with Crippen molar-refractivity contribution in [2.24, 2.45) is 0 Å². The van der Waals surface area contributed by atoms with Crippen LogP contribution in [0.1, 0.15) is 31.7 Å². The maximum atomic E-state index is 12.0. The number of thiocarbonyl (C=S) groups is 1. The SMILES string of the molecule is CC[C@@H](C)c1ccccc1NC(=S)NC(=O)COc1ccc(Cl)cc1. The lowest BCUT2D eigenvalue weighted by Crippen LogP contribution is -2.37. The van der Waals surface area contributed by atoms with Crippen molar-refractivity contribution in [1.29, 1.82) is 0 Å². The Balaban J connectivity index is 1.87. The van der Waals surface area contributed by atoms with Crippen LogP contribution < -0.4 is 15.4 Å². The smallest absolute Gasteiger partial charge is 0.264 e. The Labute approximate surface area is 158 Å². The van der Waals surface area contributed by atoms with Crippen LogP contribution in [0.3, 0.4) is 0 Å². The summed E-state index contributed by atoms with van der Waals surface area (Å²) in [5, 5.41) is 6.58. The summed E-state index contributed by atoms with van der Waals surface area (Å²) in [5.41, 5.74) is 2.07. The van der Waals surface area contributed by atoms with E-state index in [0.29, 0.717) is 16.7 Å². The number of carbonyl (C=O) groups excluding carboxylic acids is 1. The van der Waals surface area contributed by atoms with Crippen LogP contribution >= 0.6 is 23.8 Å². The molecular formula is C19H21ClN2O2S. The molecule has 0 aliphatic heterocycles. The summed E-state index contributed by atoms with van der Waals surface area (Å²) in [5.74, 6) is 0.643. The summed E-state index contributed by atoms with van der Waals surface area (Å²) in [4.78, 5) is 12.0. The summed E-state index contributed by atoms with van der Waals surface area (Å²) in [6.45, 7) is 4.16. The van der Waals surface area contributed by atoms with Crippen molar-refractivity contribution in [3.8, 4) is 5.75 Å². The molecule has 4 nitrogen and oxygen atoms in total. The molecule has 6 heteroatoms. The maximum Gasteiger partial charge on any atom is 0.264 e. The van der Waals surface area contributed by atoms with Crippen LogP contribution in [0.2, 0.25) is 5.02 Å². The lowest BCUT2D eigenvalue weighted by molar-refractivity contribution is -0.121. The fourth-order valence-corrected chi connectivity index (χ4v) is 2.61. The van der Waals surface area contributed by atoms with Gasteiger partial charge in [-0.25, -0.2) is 0 Å². The number of nitrogens with one attached hydrogen (secondary N) is 2. The van der Waals surface area contributed by atoms with E-state index >= 15 is 0 Å². The van der Waals surface area contributed by atoms with Crippen molar-refractivity contribution in [2.45, 2.75) is 26.2 Å². The van der Waals surface area contributed by atoms with Crippen molar-refractivity contribution in [2.75, 3.05) is 11.9 Å². The number of anilines is 1. The second kappa shape index (κ2) is 9.39. The molecule has 2 rings (SSSR count). The molecule has 0 bridgehead atoms. The first-order chi connectivity index (χ1) is 12.0. The summed E-state index contributed by atoms with van der Waals surface area (Å²) in [7, 11) is 0. The van der Waals surface area contributed by atoms with Crippen molar-refractivity contribution in [1.82, 2.24) is 5.32 Å². The number of hydrogen-bond donors (Lipinski definition) is 2. The minimum absolute atomic E-state index is 0.129. The van der Waals surface area contributed by atoms with E-state index in [9.17, 15) is 4.79 Å². The molecule has 0 radical (unpaired) electrons. The predicted octanol–water partition coefficient (Wildman–Crippen LogP) is 4.75. The number of para-hydroxylation sites is 1. The average Bonchev–Trinajstić information content (AvgIpc) is 2.61. The molecule has 0 fully saturated rings. The molecular weight excluding hydrogens is 356 g/mol. The minimum atomic E-state index is -0.325. The number of halogens is 1. The molecule has 0 aromatic heterocycles. The normalized spacial score (nSPS) is 11.5. The topological polar surface area (TPSA) is 50.4 Å². The third-order valence-electron chi connectivity index (χ3n) is 3.79. The first kappa shape index (κ1) is 19.2. The van der Waals surface area contributed by atoms with E-state index in [1.807, 2.05) is 18.2 Å². The Morgan fingerprint density at radius 2 is 1.88 bits per heavy atom. The zero-order valence-corrected chi connectivity index (χ0v) is 15.8. The Bertz CT molecular complexity index is 734. The third kappa shape index (κ3) is 6.03. The molecule has 0 spiro atoms. The Morgan fingerprint density at radius 1 is 1.20 bits per heavy atom. The van der Waals surface area contributed by atoms with Crippen LogP contribution in [0.25, 0.3) is 0 Å². The van der Waals surface area contributed by atoms with E-state index in [0.717, 1.165) is 12.1 Å². The van der Waals surface area contributed by atoms with Gasteiger partial charge in [-0.05, 0) is 60.5 Å². The fourth-order valence-electron chi connectivity index (χ4n) is 2.26. The lowest BCUT2D eigenvalue weighted by atomic mass is 9.97. The van der Waals surface area contributed by atoms with E-state index in [4.69, 9.17) is 28.6 Å². The van der Waals surface area contributed by atoms with Gasteiger partial charge >= 0.3 is 0 Å². The lowest BCUT2D eigenvalue weighted by Gasteiger charge is -2.17. The zero-order valence-electron chi connectivity index (χ0n) is 14.2. The van der Waals surface area contributed by atoms with Gasteiger partial charge in [0.15, 0.2) is 11.7 Å². The van der Waals surface area contributed by atoms with E-state index < -0.39 is 0 Å². The molecule has 0 aliphatic carbocycles. The number of benzene rings is 2. The van der Waals surface area contributed by atoms with Crippen LogP contribution in [0, 0.1) is 0 Å². The molecule has 1 amide bonds. The standard InChI is InChI=1S/C19H21ClN2O2S/c1-3-13(2)16-6-4-5-7-17(16)21-19(25)22-18(23)12-24-15-10-8-14(20)9-11-15/h4-11,13H,3,12H2,1-2H3,(H2,21,22,23,25)/t13-/m1/s1. The molecule has 0 saturated carbocycles. The van der Waals surface area contributed by atoms with Crippen molar-refractivity contribution in [3.63, 3.8) is 0 Å². The monoisotopic (exact) mass is 376 g/mol. The Kier molecular flexibility index (Phi) is 7.22. The number of carbonyl (C=O) groups is 1. The van der Waals surface area contributed by atoms with Crippen LogP contribution in [0.4, 0.5) is 5.69 Å². The third-order valence-corrected chi connectivity index (χ3v) is 4.24. The summed E-state index contributed by atoms with van der Waals surface area (Å²) in [6.07, 6.45) is 1.02. The van der Waals surface area contributed by atoms with E-state index in [-0.39, 0.29) is 17.6 Å². The van der Waals surface area contributed by atoms with Gasteiger partial charge in [0.2, 0.25) is 0 Å². The van der Waals surface area contributed by atoms with Gasteiger partial charge in [-0.2, -0.15) is 0 Å². The highest BCUT2D eigenvalue weighted by Crippen LogP contribution is 2.26. The summed E-state index contributed by atoms with van der Waals surface area (Å²) in [6, 6.07) is 14.7. The minimum Gasteiger partial charge on any atom is -0.484 e. The number of ether oxygens (including phenoxy) is 1. The first-order valence-corrected chi connectivity index (χ1v) is 8.86. The number of hydrogen-bond acceptors (Lipinski definition) is 3. The number of amides is 1. The Hall–Kier alpha value is -2.11. The molecule has 2 aromatic rings. The van der Waals surface area contributed by atoms with Gasteiger partial charge in [0.25, 0.3) is 5.91 Å². The summed E-state index contributed by atoms with van der Waals surface area (Å²) >= 11 is 11.0. The molecule has 132 valence electrons. The van der Waals surface area contributed by atoms with Crippen LogP contribution in [0.15, 0.2) is 48.5 Å². The van der Waals surface area contributed by atoms with Crippen LogP contribution in [-0.4, -0.2) is 17.6 Å². The highest BCUT2D eigenvalue weighted by Gasteiger charge is 2.11. The van der Waals surface area contributed by atoms with Gasteiger partial charge in [0.05, 0.1) is 0 Å². The fraction of sp³-hybridized carbons (Fsp3) is 0.263. The predicted molar refractivity (Wildman–Crippen MR) is 106 cm³/mol. The molecule has 0 aliphatic rings. The van der Waals surface area contributed by atoms with Crippen molar-refractivity contribution < 1.29 is 9.53 Å². The Morgan fingerprint density at radius 3 is 2.56 bits per heavy atom. The van der Waals surface area contributed by atoms with Gasteiger partial charge < -0.3 is 10.1 Å². The second-order valence-electron chi connectivity index (χ2n) is 5.64. The van der Waals surface area contributed by atoms with Gasteiger partial charge in [-0.3, -0.25) is 10.1 Å². The highest BCUT2D eigenvalue weighted by atomic mass is 35.5. The van der Waals surface area contributed by atoms with Gasteiger partial charge in [0.1, 0.15) is 5.75 Å². The quantitative estimate of drug-likeness (QED) is 0.714. The molecule has 2 aromatic carbocycles. The van der Waals surface area contributed by atoms with E-state index in [1.54, 1.807) is 24.3 Å². The molecule has 0 saturated heterocycles. The zero-order chi connectivity index (χ0) is 18.2. The largest absolute Gasteiger partial charge is 0.484 e. The molecule has 25 heavy (non-hydrogen) atoms. The summed E-state index contributed by atoms with van der Waals surface area (Å²) < 4.78 is 5.40. The van der Waals surface area contributed by atoms with Gasteiger partial charge in [-0.15, -0.1) is 0 Å². The molecule has 1 atom stereocenters. The van der Waals surface area contributed by atoms with Crippen LogP contribution in [0.5, 0.6) is 5.75 Å². The number of rotatable bonds is 6. The highest BCUT2D eigenvalue weighted by molar-refractivity contribution is 7.80. The average molecular weight is 377 g/mol. The first-order valence-electron chi connectivity index (χ1n) is 8.07. The van der Waals surface area contributed by atoms with Gasteiger partial charge in [-0.1, -0.05) is 43.6 Å². The van der Waals surface area contributed by atoms with Crippen molar-refractivity contribution in [3.05, 3.63) is 59.1 Å².